The van der Waals surface area contributed by atoms with Gasteiger partial charge in [0.25, 0.3) is 0 Å². The predicted octanol–water partition coefficient (Wildman–Crippen LogP) is 4.83. The topological polar surface area (TPSA) is 12.5 Å². The Labute approximate surface area is 141 Å². The molecule has 0 aliphatic rings. The second-order valence-corrected chi connectivity index (χ2v) is 3.56. The molecule has 0 saturated heterocycles. The van der Waals surface area contributed by atoms with Gasteiger partial charge in [-0.25, -0.2) is 0 Å². The Kier molecular flexibility index (Phi) is 33.6. The summed E-state index contributed by atoms with van der Waals surface area (Å²) in [4.78, 5) is 4.58. The van der Waals surface area contributed by atoms with Gasteiger partial charge in [-0.15, -0.1) is 0 Å². The first kappa shape index (κ1) is 30.9. The Morgan fingerprint density at radius 1 is 0.944 bits per heavy atom. The SMILES string of the molecule is C.C.C.CC(C)c1ccccc1.CON(C)C.[Y]. The molecular formula is C15H33NOY. The second kappa shape index (κ2) is 19.6. The molecule has 1 radical (unpaired) electrons. The Hall–Kier alpha value is 0.244. The van der Waals surface area contributed by atoms with Gasteiger partial charge < -0.3 is 4.84 Å². The quantitative estimate of drug-likeness (QED) is 0.720. The van der Waals surface area contributed by atoms with Crippen molar-refractivity contribution in [3.05, 3.63) is 35.9 Å². The summed E-state index contributed by atoms with van der Waals surface area (Å²) in [5, 5.41) is 1.62. The first-order valence-corrected chi connectivity index (χ1v) is 4.84. The van der Waals surface area contributed by atoms with Crippen LogP contribution in [0.2, 0.25) is 0 Å². The van der Waals surface area contributed by atoms with Crippen LogP contribution in [0.1, 0.15) is 47.6 Å². The summed E-state index contributed by atoms with van der Waals surface area (Å²) < 4.78 is 0. The normalized spacial score (nSPS) is 7.72. The smallest absolute Gasteiger partial charge is 0.0574 e. The summed E-state index contributed by atoms with van der Waals surface area (Å²) >= 11 is 0. The molecule has 0 amide bonds. The Bertz CT molecular complexity index is 225. The van der Waals surface area contributed by atoms with E-state index in [4.69, 9.17) is 0 Å². The largest absolute Gasteiger partial charge is 0.303 e. The molecule has 3 heteroatoms. The molecule has 1 aromatic rings. The van der Waals surface area contributed by atoms with Crippen molar-refractivity contribution in [1.82, 2.24) is 5.06 Å². The second-order valence-electron chi connectivity index (χ2n) is 3.56. The van der Waals surface area contributed by atoms with E-state index in [1.54, 1.807) is 12.2 Å². The molecule has 0 spiro atoms. The van der Waals surface area contributed by atoms with Crippen LogP contribution in [0, 0.1) is 0 Å². The average molecular weight is 332 g/mol. The van der Waals surface area contributed by atoms with Crippen molar-refractivity contribution in [2.75, 3.05) is 21.2 Å². The van der Waals surface area contributed by atoms with E-state index in [2.05, 4.69) is 43.0 Å². The zero-order chi connectivity index (χ0) is 11.0. The van der Waals surface area contributed by atoms with Gasteiger partial charge in [0.2, 0.25) is 0 Å². The number of hydroxylamine groups is 2. The zero-order valence-corrected chi connectivity index (χ0v) is 13.2. The van der Waals surface area contributed by atoms with Crippen LogP contribution in [0.5, 0.6) is 0 Å². The van der Waals surface area contributed by atoms with Crippen LogP contribution in [0.4, 0.5) is 0 Å². The fourth-order valence-electron chi connectivity index (χ4n) is 0.838. The maximum absolute atomic E-state index is 4.58. The van der Waals surface area contributed by atoms with E-state index in [-0.39, 0.29) is 55.0 Å². The van der Waals surface area contributed by atoms with Crippen LogP contribution in [-0.2, 0) is 37.5 Å². The third-order valence-corrected chi connectivity index (χ3v) is 1.83. The predicted molar refractivity (Wildman–Crippen MR) is 81.4 cm³/mol. The van der Waals surface area contributed by atoms with E-state index in [1.165, 1.54) is 5.56 Å². The molecule has 0 aliphatic carbocycles. The standard InChI is InChI=1S/C9H12.C3H9NO.3CH4.Y/c1-8(2)9-6-4-3-5-7-9;1-4(2)5-3;;;;/h3-8H,1-2H3;1-3H3;3*1H4;. The molecule has 0 heterocycles. The molecule has 1 rings (SSSR count). The van der Waals surface area contributed by atoms with Crippen LogP contribution < -0.4 is 0 Å². The van der Waals surface area contributed by atoms with E-state index >= 15 is 0 Å². The third kappa shape index (κ3) is 18.6. The maximum Gasteiger partial charge on any atom is 0.0574 e. The Morgan fingerprint density at radius 2 is 1.28 bits per heavy atom. The van der Waals surface area contributed by atoms with Crippen molar-refractivity contribution in [2.24, 2.45) is 0 Å². The van der Waals surface area contributed by atoms with Crippen LogP contribution in [0.25, 0.3) is 0 Å². The summed E-state index contributed by atoms with van der Waals surface area (Å²) in [6, 6.07) is 10.5. The molecule has 0 bridgehead atoms. The summed E-state index contributed by atoms with van der Waals surface area (Å²) in [5.41, 5.74) is 1.41. The summed E-state index contributed by atoms with van der Waals surface area (Å²) in [5.74, 6) is 0.659. The molecule has 0 aromatic heterocycles. The maximum atomic E-state index is 4.58. The van der Waals surface area contributed by atoms with E-state index in [1.807, 2.05) is 20.2 Å². The number of nitrogens with zero attached hydrogens (tertiary/aromatic N) is 1. The van der Waals surface area contributed by atoms with Gasteiger partial charge in [-0.3, -0.25) is 0 Å². The molecular weight excluding hydrogens is 299 g/mol. The van der Waals surface area contributed by atoms with E-state index < -0.39 is 0 Å². The van der Waals surface area contributed by atoms with E-state index in [0.29, 0.717) is 5.92 Å². The number of benzene rings is 1. The van der Waals surface area contributed by atoms with Crippen LogP contribution in [0.3, 0.4) is 0 Å². The third-order valence-electron chi connectivity index (χ3n) is 1.83. The number of rotatable bonds is 2. The molecule has 0 aliphatic heterocycles. The van der Waals surface area contributed by atoms with Gasteiger partial charge in [0.05, 0.1) is 7.11 Å². The minimum absolute atomic E-state index is 0. The van der Waals surface area contributed by atoms with Crippen molar-refractivity contribution >= 4 is 0 Å². The molecule has 18 heavy (non-hydrogen) atoms. The minimum Gasteiger partial charge on any atom is -0.303 e. The van der Waals surface area contributed by atoms with Crippen molar-refractivity contribution < 1.29 is 37.5 Å². The Morgan fingerprint density at radius 3 is 1.44 bits per heavy atom. The van der Waals surface area contributed by atoms with Crippen molar-refractivity contribution in [1.29, 1.82) is 0 Å². The fourth-order valence-corrected chi connectivity index (χ4v) is 0.838. The van der Waals surface area contributed by atoms with Gasteiger partial charge >= 0.3 is 0 Å². The van der Waals surface area contributed by atoms with Gasteiger partial charge in [0.1, 0.15) is 0 Å². The van der Waals surface area contributed by atoms with Crippen LogP contribution in [0.15, 0.2) is 30.3 Å². The van der Waals surface area contributed by atoms with Gasteiger partial charge in [-0.05, 0) is 11.5 Å². The zero-order valence-electron chi connectivity index (χ0n) is 10.4. The monoisotopic (exact) mass is 332 g/mol. The van der Waals surface area contributed by atoms with Gasteiger partial charge in [-0.2, -0.15) is 5.06 Å². The molecule has 0 atom stereocenters. The molecule has 107 valence electrons. The van der Waals surface area contributed by atoms with E-state index in [9.17, 15) is 0 Å². The average Bonchev–Trinajstić information content (AvgIpc) is 2.20. The molecule has 0 saturated carbocycles. The number of hydrogen-bond acceptors (Lipinski definition) is 2. The first-order chi connectivity index (χ1) is 6.57. The molecule has 0 N–H and O–H groups in total. The molecule has 2 nitrogen and oxygen atoms in total. The van der Waals surface area contributed by atoms with Crippen molar-refractivity contribution in [3.63, 3.8) is 0 Å². The molecule has 0 unspecified atom stereocenters. The summed E-state index contributed by atoms with van der Waals surface area (Å²) in [6.07, 6.45) is 0. The Balaban J connectivity index is -0.0000000567. The van der Waals surface area contributed by atoms with E-state index in [0.717, 1.165) is 0 Å². The summed E-state index contributed by atoms with van der Waals surface area (Å²) in [7, 11) is 5.29. The van der Waals surface area contributed by atoms with Crippen LogP contribution >= 0.6 is 0 Å². The van der Waals surface area contributed by atoms with Gasteiger partial charge in [0.15, 0.2) is 0 Å². The first-order valence-electron chi connectivity index (χ1n) is 4.84. The minimum atomic E-state index is 0. The van der Waals surface area contributed by atoms with Crippen LogP contribution in [-0.4, -0.2) is 26.3 Å². The van der Waals surface area contributed by atoms with Gasteiger partial charge in [0, 0.05) is 46.8 Å². The number of hydrogen-bond donors (Lipinski definition) is 0. The molecule has 0 fully saturated rings. The van der Waals surface area contributed by atoms with Crippen molar-refractivity contribution in [3.8, 4) is 0 Å². The fraction of sp³-hybridized carbons (Fsp3) is 0.600. The van der Waals surface area contributed by atoms with Crippen molar-refractivity contribution in [2.45, 2.75) is 42.0 Å². The molecule has 1 aromatic carbocycles. The summed E-state index contributed by atoms with van der Waals surface area (Å²) in [6.45, 7) is 4.41. The van der Waals surface area contributed by atoms with Gasteiger partial charge in [-0.1, -0.05) is 66.5 Å².